The second-order valence-corrected chi connectivity index (χ2v) is 5.23. The summed E-state index contributed by atoms with van der Waals surface area (Å²) in [5.41, 5.74) is 0. The minimum Gasteiger partial charge on any atom is -0.337 e. The maximum atomic E-state index is 11.5. The summed E-state index contributed by atoms with van der Waals surface area (Å²) in [6.07, 6.45) is 0.935. The van der Waals surface area contributed by atoms with Crippen LogP contribution in [0.4, 0.5) is 0 Å². The summed E-state index contributed by atoms with van der Waals surface area (Å²) in [5.74, 6) is 0.230. The van der Waals surface area contributed by atoms with Gasteiger partial charge in [-0.3, -0.25) is 4.79 Å². The van der Waals surface area contributed by atoms with E-state index in [0.29, 0.717) is 0 Å². The van der Waals surface area contributed by atoms with Crippen LogP contribution in [-0.2, 0) is 11.3 Å². The molecular formula is C9H10BrNOS. The Bertz CT molecular complexity index is 299. The molecule has 1 aliphatic rings. The quantitative estimate of drug-likeness (QED) is 0.747. The molecule has 1 amide bonds. The molecule has 1 saturated heterocycles. The second-order valence-electron chi connectivity index (χ2n) is 3.10. The number of likely N-dealkylation sites (tertiary alicyclic amines) is 1. The van der Waals surface area contributed by atoms with Gasteiger partial charge in [-0.2, -0.15) is 0 Å². The Kier molecular flexibility index (Phi) is 2.69. The highest BCUT2D eigenvalue weighted by Crippen LogP contribution is 2.21. The smallest absolute Gasteiger partial charge is 0.236 e. The topological polar surface area (TPSA) is 20.3 Å². The van der Waals surface area contributed by atoms with E-state index in [1.807, 2.05) is 16.3 Å². The van der Waals surface area contributed by atoms with Crippen molar-refractivity contribution in [1.82, 2.24) is 4.90 Å². The summed E-state index contributed by atoms with van der Waals surface area (Å²) < 4.78 is 0. The highest BCUT2D eigenvalue weighted by molar-refractivity contribution is 9.10. The van der Waals surface area contributed by atoms with Gasteiger partial charge in [0.2, 0.25) is 5.91 Å². The van der Waals surface area contributed by atoms with Gasteiger partial charge in [0.05, 0.1) is 11.4 Å². The molecule has 13 heavy (non-hydrogen) atoms. The normalized spacial score (nSPS) is 22.7. The van der Waals surface area contributed by atoms with E-state index in [1.165, 1.54) is 4.88 Å². The van der Waals surface area contributed by atoms with Gasteiger partial charge in [-0.15, -0.1) is 11.3 Å². The van der Waals surface area contributed by atoms with Gasteiger partial charge in [0, 0.05) is 11.4 Å². The lowest BCUT2D eigenvalue weighted by atomic mass is 10.4. The van der Waals surface area contributed by atoms with Gasteiger partial charge in [-0.05, 0) is 17.9 Å². The molecule has 0 bridgehead atoms. The van der Waals surface area contributed by atoms with Crippen molar-refractivity contribution in [3.8, 4) is 0 Å². The third kappa shape index (κ3) is 1.94. The van der Waals surface area contributed by atoms with Crippen LogP contribution in [0.2, 0.25) is 0 Å². The highest BCUT2D eigenvalue weighted by atomic mass is 79.9. The van der Waals surface area contributed by atoms with Gasteiger partial charge in [0.1, 0.15) is 0 Å². The van der Waals surface area contributed by atoms with E-state index in [4.69, 9.17) is 0 Å². The van der Waals surface area contributed by atoms with Gasteiger partial charge in [-0.25, -0.2) is 0 Å². The Morgan fingerprint density at radius 3 is 3.08 bits per heavy atom. The molecule has 70 valence electrons. The Labute approximate surface area is 89.7 Å². The van der Waals surface area contributed by atoms with Gasteiger partial charge >= 0.3 is 0 Å². The predicted octanol–water partition coefficient (Wildman–Crippen LogP) is 2.24. The van der Waals surface area contributed by atoms with Crippen LogP contribution in [0.15, 0.2) is 17.5 Å². The lowest BCUT2D eigenvalue weighted by molar-refractivity contribution is -0.127. The zero-order valence-corrected chi connectivity index (χ0v) is 9.47. The molecule has 1 atom stereocenters. The van der Waals surface area contributed by atoms with E-state index in [2.05, 4.69) is 22.0 Å². The van der Waals surface area contributed by atoms with Gasteiger partial charge in [0.15, 0.2) is 0 Å². The molecule has 2 heterocycles. The number of hydrogen-bond donors (Lipinski definition) is 0. The van der Waals surface area contributed by atoms with Crippen LogP contribution in [0.1, 0.15) is 11.3 Å². The average Bonchev–Trinajstić information content (AvgIpc) is 2.71. The molecule has 2 nitrogen and oxygen atoms in total. The number of thiophene rings is 1. The molecule has 1 aromatic heterocycles. The van der Waals surface area contributed by atoms with E-state index in [0.717, 1.165) is 19.5 Å². The maximum Gasteiger partial charge on any atom is 0.236 e. The van der Waals surface area contributed by atoms with Crippen molar-refractivity contribution in [1.29, 1.82) is 0 Å². The molecule has 1 aromatic rings. The van der Waals surface area contributed by atoms with Crippen LogP contribution in [0.5, 0.6) is 0 Å². The summed E-state index contributed by atoms with van der Waals surface area (Å²) in [6.45, 7) is 1.66. The van der Waals surface area contributed by atoms with Crippen molar-refractivity contribution in [3.63, 3.8) is 0 Å². The summed E-state index contributed by atoms with van der Waals surface area (Å²) in [4.78, 5) is 14.7. The van der Waals surface area contributed by atoms with Gasteiger partial charge < -0.3 is 4.90 Å². The number of hydrogen-bond acceptors (Lipinski definition) is 2. The van der Waals surface area contributed by atoms with E-state index >= 15 is 0 Å². The monoisotopic (exact) mass is 259 g/mol. The molecule has 0 N–H and O–H groups in total. The first-order chi connectivity index (χ1) is 6.27. The van der Waals surface area contributed by atoms with E-state index < -0.39 is 0 Å². The van der Waals surface area contributed by atoms with Crippen LogP contribution >= 0.6 is 27.3 Å². The molecule has 0 radical (unpaired) electrons. The molecular weight excluding hydrogens is 250 g/mol. The van der Waals surface area contributed by atoms with Crippen LogP contribution in [-0.4, -0.2) is 22.2 Å². The van der Waals surface area contributed by atoms with Gasteiger partial charge in [0.25, 0.3) is 0 Å². The lowest BCUT2D eigenvalue weighted by Gasteiger charge is -2.13. The highest BCUT2D eigenvalue weighted by Gasteiger charge is 2.29. The molecule has 2 rings (SSSR count). The SMILES string of the molecule is O=C1C(Br)CCN1Cc1cccs1. The number of carbonyl (C=O) groups excluding carboxylic acids is 1. The summed E-state index contributed by atoms with van der Waals surface area (Å²) in [5, 5.41) is 2.04. The van der Waals surface area contributed by atoms with E-state index in [9.17, 15) is 4.79 Å². The second kappa shape index (κ2) is 3.80. The largest absolute Gasteiger partial charge is 0.337 e. The molecule has 4 heteroatoms. The zero-order valence-electron chi connectivity index (χ0n) is 7.07. The predicted molar refractivity (Wildman–Crippen MR) is 57.1 cm³/mol. The first-order valence-electron chi connectivity index (χ1n) is 4.22. The Hall–Kier alpha value is -0.350. The Morgan fingerprint density at radius 1 is 1.69 bits per heavy atom. The lowest BCUT2D eigenvalue weighted by Crippen LogP contribution is -2.26. The van der Waals surface area contributed by atoms with E-state index in [1.54, 1.807) is 11.3 Å². The van der Waals surface area contributed by atoms with Crippen LogP contribution in [0.3, 0.4) is 0 Å². The van der Waals surface area contributed by atoms with Crippen molar-refractivity contribution in [2.24, 2.45) is 0 Å². The minimum absolute atomic E-state index is 0.0486. The first-order valence-corrected chi connectivity index (χ1v) is 6.02. The van der Waals surface area contributed by atoms with Crippen molar-refractivity contribution < 1.29 is 4.79 Å². The third-order valence-corrected chi connectivity index (χ3v) is 3.87. The molecule has 1 unspecified atom stereocenters. The molecule has 1 fully saturated rings. The molecule has 0 spiro atoms. The summed E-state index contributed by atoms with van der Waals surface area (Å²) >= 11 is 5.06. The van der Waals surface area contributed by atoms with E-state index in [-0.39, 0.29) is 10.7 Å². The van der Waals surface area contributed by atoms with Crippen molar-refractivity contribution >= 4 is 33.2 Å². The van der Waals surface area contributed by atoms with Crippen LogP contribution < -0.4 is 0 Å². The fraction of sp³-hybridized carbons (Fsp3) is 0.444. The molecule has 0 aromatic carbocycles. The number of alkyl halides is 1. The van der Waals surface area contributed by atoms with Gasteiger partial charge in [-0.1, -0.05) is 22.0 Å². The fourth-order valence-electron chi connectivity index (χ4n) is 1.45. The first kappa shape index (κ1) is 9.21. The standard InChI is InChI=1S/C9H10BrNOS/c10-8-3-4-11(9(8)12)6-7-2-1-5-13-7/h1-2,5,8H,3-4,6H2. The Balaban J connectivity index is 2.00. The van der Waals surface area contributed by atoms with Crippen molar-refractivity contribution in [3.05, 3.63) is 22.4 Å². The van der Waals surface area contributed by atoms with Crippen LogP contribution in [0, 0.1) is 0 Å². The number of halogens is 1. The number of amides is 1. The maximum absolute atomic E-state index is 11.5. The number of nitrogens with zero attached hydrogens (tertiary/aromatic N) is 1. The number of rotatable bonds is 2. The number of carbonyl (C=O) groups is 1. The van der Waals surface area contributed by atoms with Crippen LogP contribution in [0.25, 0.3) is 0 Å². The summed E-state index contributed by atoms with van der Waals surface area (Å²) in [7, 11) is 0. The summed E-state index contributed by atoms with van der Waals surface area (Å²) in [6, 6.07) is 4.09. The Morgan fingerprint density at radius 2 is 2.54 bits per heavy atom. The minimum atomic E-state index is 0.0486. The van der Waals surface area contributed by atoms with Crippen molar-refractivity contribution in [2.75, 3.05) is 6.54 Å². The average molecular weight is 260 g/mol. The van der Waals surface area contributed by atoms with Crippen molar-refractivity contribution in [2.45, 2.75) is 17.8 Å². The molecule has 0 aliphatic carbocycles. The third-order valence-electron chi connectivity index (χ3n) is 2.16. The fourth-order valence-corrected chi connectivity index (χ4v) is 2.66. The molecule has 1 aliphatic heterocycles. The molecule has 0 saturated carbocycles. The zero-order chi connectivity index (χ0) is 9.26.